The summed E-state index contributed by atoms with van der Waals surface area (Å²) in [6.45, 7) is 3.34. The smallest absolute Gasteiger partial charge is 0.332 e. The minimum atomic E-state index is -1.00. The molecule has 0 aromatic carbocycles. The van der Waals surface area contributed by atoms with Gasteiger partial charge in [0, 0.05) is 18.7 Å². The largest absolute Gasteiger partial charge is 0.479 e. The van der Waals surface area contributed by atoms with Crippen LogP contribution in [0.25, 0.3) is 0 Å². The van der Waals surface area contributed by atoms with E-state index in [9.17, 15) is 14.4 Å². The van der Waals surface area contributed by atoms with Crippen molar-refractivity contribution < 1.29 is 24.2 Å². The number of carbonyl (C=O) groups is 3. The molecule has 0 aromatic rings. The monoisotopic (exact) mass is 400 g/mol. The minimum Gasteiger partial charge on any atom is -0.479 e. The van der Waals surface area contributed by atoms with Crippen molar-refractivity contribution in [3.05, 3.63) is 0 Å². The summed E-state index contributed by atoms with van der Waals surface area (Å²) in [6, 6.07) is 0. The van der Waals surface area contributed by atoms with E-state index in [1.54, 1.807) is 0 Å². The molecule has 1 heterocycles. The number of carbonyl (C=O) groups excluding carboxylic acids is 2. The molecule has 8 heteroatoms. The molecule has 2 amide bonds. The van der Waals surface area contributed by atoms with Gasteiger partial charge in [-0.3, -0.25) is 14.5 Å². The molecule has 0 aromatic heterocycles. The van der Waals surface area contributed by atoms with Crippen molar-refractivity contribution >= 4 is 29.5 Å². The maximum atomic E-state index is 12.6. The number of nitrogens with one attached hydrogen (secondary N) is 1. The first-order valence-corrected chi connectivity index (χ1v) is 10.9. The molecule has 2 atom stereocenters. The van der Waals surface area contributed by atoms with Crippen LogP contribution in [-0.4, -0.2) is 71.6 Å². The predicted molar refractivity (Wildman–Crippen MR) is 105 cm³/mol. The van der Waals surface area contributed by atoms with Crippen LogP contribution in [0.5, 0.6) is 0 Å². The number of carboxylic acid groups (broad SMARTS) is 1. The van der Waals surface area contributed by atoms with Crippen LogP contribution in [0.2, 0.25) is 0 Å². The molecule has 1 saturated carbocycles. The molecule has 2 aliphatic rings. The molecule has 1 aliphatic heterocycles. The second-order valence-electron chi connectivity index (χ2n) is 7.54. The van der Waals surface area contributed by atoms with Crippen molar-refractivity contribution in [2.24, 2.45) is 11.8 Å². The lowest BCUT2D eigenvalue weighted by molar-refractivity contribution is -0.148. The predicted octanol–water partition coefficient (Wildman–Crippen LogP) is 1.75. The van der Waals surface area contributed by atoms with Crippen molar-refractivity contribution in [3.8, 4) is 0 Å². The third kappa shape index (κ3) is 6.76. The van der Waals surface area contributed by atoms with Gasteiger partial charge >= 0.3 is 5.97 Å². The lowest BCUT2D eigenvalue weighted by Crippen LogP contribution is -2.37. The van der Waals surface area contributed by atoms with Crippen molar-refractivity contribution in [3.63, 3.8) is 0 Å². The highest BCUT2D eigenvalue weighted by atomic mass is 32.2. The van der Waals surface area contributed by atoms with E-state index in [2.05, 4.69) is 5.32 Å². The van der Waals surface area contributed by atoms with E-state index in [0.717, 1.165) is 25.3 Å². The zero-order chi connectivity index (χ0) is 19.8. The van der Waals surface area contributed by atoms with Gasteiger partial charge in [0.25, 0.3) is 0 Å². The van der Waals surface area contributed by atoms with Crippen LogP contribution in [0, 0.1) is 11.8 Å². The van der Waals surface area contributed by atoms with Gasteiger partial charge in [0.1, 0.15) is 0 Å². The van der Waals surface area contributed by atoms with Crippen molar-refractivity contribution in [1.82, 2.24) is 10.2 Å². The highest BCUT2D eigenvalue weighted by molar-refractivity contribution is 8.00. The summed E-state index contributed by atoms with van der Waals surface area (Å²) in [5.74, 6) is 0.524. The second-order valence-corrected chi connectivity index (χ2v) is 8.85. The quantitative estimate of drug-likeness (QED) is 0.403. The molecule has 2 rings (SSSR count). The molecule has 7 nitrogen and oxygen atoms in total. The number of thioether (sulfide) groups is 1. The van der Waals surface area contributed by atoms with Crippen LogP contribution in [0.4, 0.5) is 0 Å². The summed E-state index contributed by atoms with van der Waals surface area (Å²) < 4.78 is 5.18. The molecule has 1 unspecified atom stereocenters. The summed E-state index contributed by atoms with van der Waals surface area (Å²) in [7, 11) is 1.98. The first-order chi connectivity index (χ1) is 12.9. The lowest BCUT2D eigenvalue weighted by Gasteiger charge is -2.30. The topological polar surface area (TPSA) is 95.9 Å². The molecule has 0 bridgehead atoms. The summed E-state index contributed by atoms with van der Waals surface area (Å²) in [6.07, 6.45) is 5.13. The average Bonchev–Trinajstić information content (AvgIpc) is 2.92. The number of amides is 2. The van der Waals surface area contributed by atoms with Crippen molar-refractivity contribution in [2.45, 2.75) is 56.8 Å². The Kier molecular flexibility index (Phi) is 9.05. The van der Waals surface area contributed by atoms with Gasteiger partial charge in [-0.2, -0.15) is 0 Å². The maximum absolute atomic E-state index is 12.6. The third-order valence-electron chi connectivity index (χ3n) is 5.53. The number of hydrogen-bond donors (Lipinski definition) is 2. The Balaban J connectivity index is 1.70. The van der Waals surface area contributed by atoms with Crippen LogP contribution in [-0.2, 0) is 19.1 Å². The Hall–Kier alpha value is -1.12. The molecule has 27 heavy (non-hydrogen) atoms. The van der Waals surface area contributed by atoms with Gasteiger partial charge in [0.05, 0.1) is 11.9 Å². The van der Waals surface area contributed by atoms with E-state index in [1.165, 1.54) is 42.8 Å². The van der Waals surface area contributed by atoms with Crippen LogP contribution in [0.3, 0.4) is 0 Å². The second kappa shape index (κ2) is 11.0. The van der Waals surface area contributed by atoms with Crippen LogP contribution in [0.15, 0.2) is 0 Å². The minimum absolute atomic E-state index is 0.0744. The highest BCUT2D eigenvalue weighted by Crippen LogP contribution is 2.33. The van der Waals surface area contributed by atoms with Crippen LogP contribution >= 0.6 is 11.8 Å². The SMILES string of the molecule is CNCC[C@H]1CC[C@H](CN2C(=O)CC(SCCO[C@@H](C)C(=O)O)C2=O)CC1. The fraction of sp³-hybridized carbons (Fsp3) is 0.842. The summed E-state index contributed by atoms with van der Waals surface area (Å²) in [5.41, 5.74) is 0. The molecule has 2 fully saturated rings. The van der Waals surface area contributed by atoms with Gasteiger partial charge in [-0.25, -0.2) is 4.79 Å². The van der Waals surface area contributed by atoms with Crippen molar-refractivity contribution in [2.75, 3.05) is 32.5 Å². The molecule has 1 aliphatic carbocycles. The van der Waals surface area contributed by atoms with E-state index >= 15 is 0 Å². The first kappa shape index (κ1) is 22.2. The highest BCUT2D eigenvalue weighted by Gasteiger charge is 2.40. The van der Waals surface area contributed by atoms with Gasteiger partial charge in [-0.1, -0.05) is 12.8 Å². The van der Waals surface area contributed by atoms with E-state index in [1.807, 2.05) is 7.05 Å². The number of carboxylic acids is 1. The zero-order valence-corrected chi connectivity index (χ0v) is 17.1. The van der Waals surface area contributed by atoms with Crippen molar-refractivity contribution in [1.29, 1.82) is 0 Å². The molecule has 0 radical (unpaired) electrons. The average molecular weight is 401 g/mol. The Bertz CT molecular complexity index is 522. The van der Waals surface area contributed by atoms with Crippen LogP contribution in [0.1, 0.15) is 45.4 Å². The third-order valence-corrected chi connectivity index (χ3v) is 6.70. The number of ether oxygens (including phenoxy) is 1. The fourth-order valence-corrected chi connectivity index (χ4v) is 4.78. The fourth-order valence-electron chi connectivity index (χ4n) is 3.77. The van der Waals surface area contributed by atoms with E-state index in [0.29, 0.717) is 18.2 Å². The molecular formula is C19H32N2O5S. The number of aliphatic carboxylic acids is 1. The van der Waals surface area contributed by atoms with Gasteiger partial charge in [0.2, 0.25) is 11.8 Å². The molecular weight excluding hydrogens is 368 g/mol. The molecule has 154 valence electrons. The summed E-state index contributed by atoms with van der Waals surface area (Å²) in [5, 5.41) is 11.6. The van der Waals surface area contributed by atoms with Gasteiger partial charge in [-0.05, 0) is 51.6 Å². The Morgan fingerprint density at radius 1 is 1.30 bits per heavy atom. The van der Waals surface area contributed by atoms with E-state index < -0.39 is 12.1 Å². The molecule has 2 N–H and O–H groups in total. The normalized spacial score (nSPS) is 27.2. The number of hydrogen-bond acceptors (Lipinski definition) is 6. The number of rotatable bonds is 11. The Labute approximate surface area is 165 Å². The Morgan fingerprint density at radius 2 is 1.96 bits per heavy atom. The molecule has 1 saturated heterocycles. The number of nitrogens with zero attached hydrogens (tertiary/aromatic N) is 1. The van der Waals surface area contributed by atoms with Crippen LogP contribution < -0.4 is 5.32 Å². The molecule has 0 spiro atoms. The first-order valence-electron chi connectivity index (χ1n) is 9.87. The Morgan fingerprint density at radius 3 is 2.59 bits per heavy atom. The standard InChI is InChI=1S/C19H32N2O5S/c1-13(19(24)25)26-9-10-27-16-11-17(22)21(18(16)23)12-15-5-3-14(4-6-15)7-8-20-2/h13-16,20H,3-12H2,1-2H3,(H,24,25)/t13-,14-,15-,16?/m0/s1. The number of likely N-dealkylation sites (tertiary alicyclic amines) is 1. The van der Waals surface area contributed by atoms with Gasteiger partial charge in [-0.15, -0.1) is 11.8 Å². The van der Waals surface area contributed by atoms with E-state index in [4.69, 9.17) is 9.84 Å². The van der Waals surface area contributed by atoms with E-state index in [-0.39, 0.29) is 30.1 Å². The summed E-state index contributed by atoms with van der Waals surface area (Å²) in [4.78, 5) is 37.0. The zero-order valence-electron chi connectivity index (χ0n) is 16.3. The van der Waals surface area contributed by atoms with Gasteiger partial charge in [0.15, 0.2) is 6.10 Å². The van der Waals surface area contributed by atoms with Gasteiger partial charge < -0.3 is 15.2 Å². The summed E-state index contributed by atoms with van der Waals surface area (Å²) >= 11 is 1.39. The maximum Gasteiger partial charge on any atom is 0.332 e. The number of imide groups is 1. The lowest BCUT2D eigenvalue weighted by atomic mass is 9.80.